The summed E-state index contributed by atoms with van der Waals surface area (Å²) in [4.78, 5) is 19.6. The van der Waals surface area contributed by atoms with Crippen molar-refractivity contribution >= 4 is 11.7 Å². The Morgan fingerprint density at radius 3 is 2.77 bits per heavy atom. The summed E-state index contributed by atoms with van der Waals surface area (Å²) in [5.74, 6) is 0.0723. The molecule has 0 radical (unpaired) electrons. The van der Waals surface area contributed by atoms with Gasteiger partial charge in [0.15, 0.2) is 0 Å². The Morgan fingerprint density at radius 1 is 1.23 bits per heavy atom. The first-order valence-corrected chi connectivity index (χ1v) is 10.3. The van der Waals surface area contributed by atoms with E-state index in [1.165, 1.54) is 5.56 Å². The molecule has 1 amide bonds. The van der Waals surface area contributed by atoms with Crippen molar-refractivity contribution < 1.29 is 4.79 Å². The first-order valence-electron chi connectivity index (χ1n) is 10.3. The molecule has 3 N–H and O–H groups in total. The third kappa shape index (κ3) is 4.36. The number of benzene rings is 1. The van der Waals surface area contributed by atoms with Crippen LogP contribution in [0.25, 0.3) is 11.1 Å². The highest BCUT2D eigenvalue weighted by atomic mass is 16.1. The minimum absolute atomic E-state index is 0.0904. The summed E-state index contributed by atoms with van der Waals surface area (Å²) in [6.07, 6.45) is 8.44. The zero-order valence-electron chi connectivity index (χ0n) is 17.5. The van der Waals surface area contributed by atoms with Crippen LogP contribution in [0.1, 0.15) is 35.2 Å². The first-order chi connectivity index (χ1) is 14.5. The van der Waals surface area contributed by atoms with E-state index in [9.17, 15) is 4.79 Å². The minimum atomic E-state index is -0.171. The van der Waals surface area contributed by atoms with Crippen molar-refractivity contribution in [3.05, 3.63) is 66.1 Å². The van der Waals surface area contributed by atoms with E-state index in [2.05, 4.69) is 51.6 Å². The van der Waals surface area contributed by atoms with E-state index in [1.807, 2.05) is 19.3 Å². The van der Waals surface area contributed by atoms with Crippen LogP contribution in [0, 0.1) is 0 Å². The average molecular weight is 405 g/mol. The third-order valence-corrected chi connectivity index (χ3v) is 5.84. The van der Waals surface area contributed by atoms with E-state index in [0.717, 1.165) is 36.9 Å². The lowest BCUT2D eigenvalue weighted by Gasteiger charge is -2.30. The Balaban J connectivity index is 1.47. The number of aryl methyl sites for hydroxylation is 1. The van der Waals surface area contributed by atoms with Crippen LogP contribution in [-0.2, 0) is 13.6 Å². The van der Waals surface area contributed by atoms with E-state index < -0.39 is 0 Å². The summed E-state index contributed by atoms with van der Waals surface area (Å²) in [6.45, 7) is 0.859. The van der Waals surface area contributed by atoms with Gasteiger partial charge in [-0.3, -0.25) is 14.4 Å². The van der Waals surface area contributed by atoms with Gasteiger partial charge >= 0.3 is 0 Å². The summed E-state index contributed by atoms with van der Waals surface area (Å²) in [5.41, 5.74) is 9.45. The van der Waals surface area contributed by atoms with Crippen molar-refractivity contribution in [1.82, 2.24) is 25.0 Å². The monoisotopic (exact) mass is 404 g/mol. The number of anilines is 1. The number of rotatable bonds is 6. The van der Waals surface area contributed by atoms with Crippen LogP contribution in [0.2, 0.25) is 0 Å². The summed E-state index contributed by atoms with van der Waals surface area (Å²) < 4.78 is 1.72. The fraction of sp³-hybridized carbons (Fsp3) is 0.348. The number of pyridine rings is 1. The maximum absolute atomic E-state index is 13.1. The van der Waals surface area contributed by atoms with Crippen molar-refractivity contribution in [2.75, 3.05) is 12.8 Å². The van der Waals surface area contributed by atoms with Crippen LogP contribution in [0.4, 0.5) is 5.82 Å². The summed E-state index contributed by atoms with van der Waals surface area (Å²) >= 11 is 0. The highest BCUT2D eigenvalue weighted by molar-refractivity contribution is 5.99. The van der Waals surface area contributed by atoms with Gasteiger partial charge in [0.1, 0.15) is 5.82 Å². The van der Waals surface area contributed by atoms with Gasteiger partial charge in [0.05, 0.1) is 11.8 Å². The summed E-state index contributed by atoms with van der Waals surface area (Å²) in [7, 11) is 3.98. The largest absolute Gasteiger partial charge is 0.383 e. The van der Waals surface area contributed by atoms with Gasteiger partial charge in [0, 0.05) is 49.2 Å². The summed E-state index contributed by atoms with van der Waals surface area (Å²) in [6, 6.07) is 12.6. The second-order valence-electron chi connectivity index (χ2n) is 8.04. The third-order valence-electron chi connectivity index (χ3n) is 5.84. The molecule has 0 bridgehead atoms. The molecule has 2 heterocycles. The zero-order valence-corrected chi connectivity index (χ0v) is 17.5. The number of nitrogens with two attached hydrogens (primary N) is 1. The molecule has 156 valence electrons. The number of hydrogen-bond donors (Lipinski definition) is 2. The molecule has 1 saturated carbocycles. The molecule has 1 aliphatic rings. The lowest BCUT2D eigenvalue weighted by molar-refractivity contribution is 0.0911. The average Bonchev–Trinajstić information content (AvgIpc) is 3.38. The van der Waals surface area contributed by atoms with Crippen LogP contribution in [0.3, 0.4) is 0 Å². The topological polar surface area (TPSA) is 89.1 Å². The van der Waals surface area contributed by atoms with Crippen LogP contribution in [0.15, 0.2) is 55.0 Å². The van der Waals surface area contributed by atoms with Gasteiger partial charge in [-0.2, -0.15) is 5.10 Å². The van der Waals surface area contributed by atoms with Crippen LogP contribution < -0.4 is 11.1 Å². The molecule has 0 spiro atoms. The standard InChI is InChI=1S/C23H28N6O/c1-28(14-16-7-4-3-5-8-16)21-10-6-9-20(21)27-23(30)19-11-17(12-25-22(19)24)18-13-26-29(2)15-18/h3-5,7-8,11-13,15,20-21H,6,9-10,14H2,1-2H3,(H2,24,25)(H,27,30)/t20?,21-/m0/s1. The molecule has 0 saturated heterocycles. The normalized spacial score (nSPS) is 18.6. The molecular weight excluding hydrogens is 376 g/mol. The van der Waals surface area contributed by atoms with Crippen molar-refractivity contribution in [1.29, 1.82) is 0 Å². The SMILES string of the molecule is CN(Cc1ccccc1)[C@H]1CCCC1NC(=O)c1cc(-c2cnn(C)c2)cnc1N. The molecule has 1 fully saturated rings. The molecule has 2 atom stereocenters. The van der Waals surface area contributed by atoms with E-state index in [0.29, 0.717) is 11.6 Å². The molecule has 1 aliphatic carbocycles. The summed E-state index contributed by atoms with van der Waals surface area (Å²) in [5, 5.41) is 7.40. The predicted octanol–water partition coefficient (Wildman–Crippen LogP) is 2.85. The molecule has 1 unspecified atom stereocenters. The quantitative estimate of drug-likeness (QED) is 0.659. The molecule has 3 aromatic rings. The van der Waals surface area contributed by atoms with Crippen molar-refractivity contribution in [3.63, 3.8) is 0 Å². The van der Waals surface area contributed by atoms with Gasteiger partial charge in [-0.05, 0) is 37.9 Å². The number of nitrogen functional groups attached to an aromatic ring is 1. The molecular formula is C23H28N6O. The van der Waals surface area contributed by atoms with E-state index >= 15 is 0 Å². The molecule has 2 aromatic heterocycles. The Kier molecular flexibility index (Phi) is 5.81. The lowest BCUT2D eigenvalue weighted by atomic mass is 10.1. The Hall–Kier alpha value is -3.19. The number of aromatic nitrogens is 3. The smallest absolute Gasteiger partial charge is 0.255 e. The molecule has 30 heavy (non-hydrogen) atoms. The molecule has 4 rings (SSSR count). The molecule has 7 nitrogen and oxygen atoms in total. The maximum Gasteiger partial charge on any atom is 0.255 e. The Bertz CT molecular complexity index is 1020. The number of carbonyl (C=O) groups is 1. The van der Waals surface area contributed by atoms with Gasteiger partial charge in [-0.15, -0.1) is 0 Å². The molecule has 1 aromatic carbocycles. The van der Waals surface area contributed by atoms with Crippen molar-refractivity contribution in [2.45, 2.75) is 37.9 Å². The van der Waals surface area contributed by atoms with Crippen LogP contribution in [-0.4, -0.2) is 44.7 Å². The van der Waals surface area contributed by atoms with Crippen LogP contribution in [0.5, 0.6) is 0 Å². The van der Waals surface area contributed by atoms with Crippen molar-refractivity contribution in [2.24, 2.45) is 7.05 Å². The number of likely N-dealkylation sites (N-methyl/N-ethyl adjacent to an activating group) is 1. The fourth-order valence-corrected chi connectivity index (χ4v) is 4.26. The first kappa shape index (κ1) is 20.1. The van der Waals surface area contributed by atoms with E-state index in [4.69, 9.17) is 5.73 Å². The number of nitrogens with one attached hydrogen (secondary N) is 1. The second-order valence-corrected chi connectivity index (χ2v) is 8.04. The lowest BCUT2D eigenvalue weighted by Crippen LogP contribution is -2.47. The minimum Gasteiger partial charge on any atom is -0.383 e. The number of amides is 1. The predicted molar refractivity (Wildman–Crippen MR) is 118 cm³/mol. The van der Waals surface area contributed by atoms with E-state index in [1.54, 1.807) is 23.1 Å². The maximum atomic E-state index is 13.1. The van der Waals surface area contributed by atoms with Gasteiger partial charge in [-0.1, -0.05) is 30.3 Å². The molecule has 0 aliphatic heterocycles. The van der Waals surface area contributed by atoms with Gasteiger partial charge < -0.3 is 11.1 Å². The number of hydrogen-bond acceptors (Lipinski definition) is 5. The van der Waals surface area contributed by atoms with Crippen LogP contribution >= 0.6 is 0 Å². The number of nitrogens with zero attached hydrogens (tertiary/aromatic N) is 4. The van der Waals surface area contributed by atoms with Gasteiger partial charge in [-0.25, -0.2) is 4.98 Å². The highest BCUT2D eigenvalue weighted by Crippen LogP contribution is 2.26. The van der Waals surface area contributed by atoms with E-state index in [-0.39, 0.29) is 17.8 Å². The fourth-order valence-electron chi connectivity index (χ4n) is 4.26. The second kappa shape index (κ2) is 8.67. The van der Waals surface area contributed by atoms with Gasteiger partial charge in [0.25, 0.3) is 5.91 Å². The zero-order chi connectivity index (χ0) is 21.1. The number of carbonyl (C=O) groups excluding carboxylic acids is 1. The highest BCUT2D eigenvalue weighted by Gasteiger charge is 2.32. The van der Waals surface area contributed by atoms with Crippen molar-refractivity contribution in [3.8, 4) is 11.1 Å². The molecule has 7 heteroatoms. The Labute approximate surface area is 176 Å². The van der Waals surface area contributed by atoms with Gasteiger partial charge in [0.2, 0.25) is 0 Å². The Morgan fingerprint density at radius 2 is 2.03 bits per heavy atom.